The van der Waals surface area contributed by atoms with Crippen LogP contribution in [0.3, 0.4) is 0 Å². The predicted molar refractivity (Wildman–Crippen MR) is 127 cm³/mol. The third kappa shape index (κ3) is 2.43. The molecule has 0 unspecified atom stereocenters. The van der Waals surface area contributed by atoms with E-state index < -0.39 is 0 Å². The second kappa shape index (κ2) is 6.77. The number of hydrogen-bond donors (Lipinski definition) is 2. The molecule has 2 nitrogen and oxygen atoms in total. The molecule has 0 fully saturated rings. The topological polar surface area (TPSA) is 38.0 Å². The molecule has 0 aromatic heterocycles. The highest BCUT2D eigenvalue weighted by atomic mass is 14.8. The van der Waals surface area contributed by atoms with Gasteiger partial charge in [0.1, 0.15) is 0 Å². The van der Waals surface area contributed by atoms with Crippen LogP contribution in [0.1, 0.15) is 33.4 Å². The Balaban J connectivity index is 1.94. The minimum absolute atomic E-state index is 0.372. The Labute approximate surface area is 178 Å². The molecule has 0 spiro atoms. The lowest BCUT2D eigenvalue weighted by molar-refractivity contribution is 0.766. The highest BCUT2D eigenvalue weighted by Gasteiger charge is 2.46. The minimum Gasteiger partial charge on any atom is -0.399 e. The Morgan fingerprint density at radius 2 is 1.20 bits per heavy atom. The third-order valence-corrected chi connectivity index (χ3v) is 6.58. The molecule has 4 aromatic rings. The van der Waals surface area contributed by atoms with Crippen LogP contribution >= 0.6 is 0 Å². The molecule has 0 saturated heterocycles. The molecule has 1 aliphatic rings. The quantitative estimate of drug-likeness (QED) is 0.355. The Hall–Kier alpha value is -3.52. The minimum atomic E-state index is -0.372. The van der Waals surface area contributed by atoms with Gasteiger partial charge >= 0.3 is 0 Å². The zero-order valence-corrected chi connectivity index (χ0v) is 17.7. The van der Waals surface area contributed by atoms with Crippen molar-refractivity contribution in [2.24, 2.45) is 0 Å². The molecule has 1 aliphatic carbocycles. The predicted octanol–water partition coefficient (Wildman–Crippen LogP) is 6.29. The van der Waals surface area contributed by atoms with Gasteiger partial charge in [-0.1, -0.05) is 72.8 Å². The monoisotopic (exact) mass is 390 g/mol. The van der Waals surface area contributed by atoms with Gasteiger partial charge in [0.25, 0.3) is 0 Å². The molecular weight excluding hydrogens is 364 g/mol. The van der Waals surface area contributed by atoms with Gasteiger partial charge in [0, 0.05) is 18.4 Å². The summed E-state index contributed by atoms with van der Waals surface area (Å²) in [6.45, 7) is 4.26. The number of rotatable bonds is 3. The summed E-state index contributed by atoms with van der Waals surface area (Å²) in [5.74, 6) is 0. The number of nitrogen functional groups attached to an aromatic ring is 1. The molecule has 0 atom stereocenters. The van der Waals surface area contributed by atoms with Crippen molar-refractivity contribution in [2.45, 2.75) is 19.3 Å². The first-order valence-electron chi connectivity index (χ1n) is 10.4. The van der Waals surface area contributed by atoms with Crippen LogP contribution in [-0.4, -0.2) is 7.05 Å². The average Bonchev–Trinajstić information content (AvgIpc) is 3.07. The summed E-state index contributed by atoms with van der Waals surface area (Å²) < 4.78 is 0. The second-order valence-corrected chi connectivity index (χ2v) is 8.19. The largest absolute Gasteiger partial charge is 0.399 e. The van der Waals surface area contributed by atoms with Gasteiger partial charge in [-0.3, -0.25) is 0 Å². The number of benzene rings is 4. The highest BCUT2D eigenvalue weighted by Crippen LogP contribution is 2.56. The fraction of sp³-hybridized carbons (Fsp3) is 0.143. The lowest BCUT2D eigenvalue weighted by atomic mass is 9.67. The maximum absolute atomic E-state index is 6.21. The number of nitrogens with two attached hydrogens (primary N) is 1. The molecule has 0 heterocycles. The number of anilines is 2. The fourth-order valence-corrected chi connectivity index (χ4v) is 5.11. The third-order valence-electron chi connectivity index (χ3n) is 6.58. The van der Waals surface area contributed by atoms with Crippen LogP contribution in [-0.2, 0) is 5.41 Å². The molecule has 0 radical (unpaired) electrons. The van der Waals surface area contributed by atoms with E-state index in [2.05, 4.69) is 98.0 Å². The number of aryl methyl sites for hydroxylation is 2. The van der Waals surface area contributed by atoms with E-state index in [4.69, 9.17) is 5.73 Å². The Morgan fingerprint density at radius 3 is 1.73 bits per heavy atom. The lowest BCUT2D eigenvalue weighted by Crippen LogP contribution is -2.29. The van der Waals surface area contributed by atoms with Gasteiger partial charge in [-0.15, -0.1) is 0 Å². The molecule has 4 aromatic carbocycles. The molecule has 148 valence electrons. The van der Waals surface area contributed by atoms with Crippen molar-refractivity contribution in [1.82, 2.24) is 0 Å². The Bertz CT molecular complexity index is 1220. The van der Waals surface area contributed by atoms with E-state index in [1.807, 2.05) is 13.1 Å². The molecule has 0 aliphatic heterocycles. The van der Waals surface area contributed by atoms with Crippen molar-refractivity contribution in [1.29, 1.82) is 0 Å². The molecule has 0 amide bonds. The standard InChI is InChI=1S/C28H26N2/c1-18-16-20(12-14-26(18)29)28(21-13-15-27(30-3)19(2)17-21)24-10-6-4-8-22(24)23-9-5-7-11-25(23)28/h4-17,30H,29H2,1-3H3. The van der Waals surface area contributed by atoms with Crippen LogP contribution in [0, 0.1) is 13.8 Å². The van der Waals surface area contributed by atoms with E-state index in [9.17, 15) is 0 Å². The van der Waals surface area contributed by atoms with Crippen molar-refractivity contribution >= 4 is 11.4 Å². The number of fused-ring (bicyclic) bond motifs is 3. The average molecular weight is 391 g/mol. The van der Waals surface area contributed by atoms with Gasteiger partial charge < -0.3 is 11.1 Å². The summed E-state index contributed by atoms with van der Waals surface area (Å²) in [7, 11) is 1.97. The second-order valence-electron chi connectivity index (χ2n) is 8.19. The molecule has 0 saturated carbocycles. The van der Waals surface area contributed by atoms with E-state index in [0.29, 0.717) is 0 Å². The maximum atomic E-state index is 6.21. The van der Waals surface area contributed by atoms with Crippen molar-refractivity contribution in [3.8, 4) is 11.1 Å². The summed E-state index contributed by atoms with van der Waals surface area (Å²) in [6, 6.07) is 30.9. The van der Waals surface area contributed by atoms with Gasteiger partial charge in [0.2, 0.25) is 0 Å². The zero-order chi connectivity index (χ0) is 20.9. The molecule has 3 N–H and O–H groups in total. The van der Waals surface area contributed by atoms with Crippen molar-refractivity contribution in [2.75, 3.05) is 18.1 Å². The van der Waals surface area contributed by atoms with Crippen molar-refractivity contribution < 1.29 is 0 Å². The normalized spacial score (nSPS) is 13.6. The molecule has 0 bridgehead atoms. The summed E-state index contributed by atoms with van der Waals surface area (Å²) in [5.41, 5.74) is 18.0. The molecular formula is C28H26N2. The summed E-state index contributed by atoms with van der Waals surface area (Å²) >= 11 is 0. The SMILES string of the molecule is CNc1ccc(C2(c3ccc(N)c(C)c3)c3ccccc3-c3ccccc32)cc1C. The highest BCUT2D eigenvalue weighted by molar-refractivity contribution is 5.86. The molecule has 2 heteroatoms. The first kappa shape index (κ1) is 18.5. The van der Waals surface area contributed by atoms with E-state index in [-0.39, 0.29) is 5.41 Å². The maximum Gasteiger partial charge on any atom is 0.0713 e. The molecule has 5 rings (SSSR count). The van der Waals surface area contributed by atoms with Gasteiger partial charge in [0.15, 0.2) is 0 Å². The van der Waals surface area contributed by atoms with Crippen molar-refractivity contribution in [3.63, 3.8) is 0 Å². The van der Waals surface area contributed by atoms with E-state index in [1.165, 1.54) is 38.9 Å². The van der Waals surface area contributed by atoms with Crippen LogP contribution in [0.4, 0.5) is 11.4 Å². The Morgan fingerprint density at radius 1 is 0.667 bits per heavy atom. The van der Waals surface area contributed by atoms with E-state index >= 15 is 0 Å². The van der Waals surface area contributed by atoms with Gasteiger partial charge in [-0.05, 0) is 70.5 Å². The van der Waals surface area contributed by atoms with Crippen LogP contribution in [0.15, 0.2) is 84.9 Å². The summed E-state index contributed by atoms with van der Waals surface area (Å²) in [6.07, 6.45) is 0. The van der Waals surface area contributed by atoms with Gasteiger partial charge in [0.05, 0.1) is 5.41 Å². The van der Waals surface area contributed by atoms with Gasteiger partial charge in [-0.2, -0.15) is 0 Å². The van der Waals surface area contributed by atoms with Gasteiger partial charge in [-0.25, -0.2) is 0 Å². The first-order chi connectivity index (χ1) is 14.6. The number of nitrogens with one attached hydrogen (secondary N) is 1. The van der Waals surface area contributed by atoms with Crippen LogP contribution in [0.25, 0.3) is 11.1 Å². The Kier molecular flexibility index (Phi) is 4.18. The van der Waals surface area contributed by atoms with E-state index in [1.54, 1.807) is 0 Å². The zero-order valence-electron chi connectivity index (χ0n) is 17.7. The van der Waals surface area contributed by atoms with Crippen LogP contribution < -0.4 is 11.1 Å². The fourth-order valence-electron chi connectivity index (χ4n) is 5.11. The van der Waals surface area contributed by atoms with Crippen LogP contribution in [0.5, 0.6) is 0 Å². The molecule has 30 heavy (non-hydrogen) atoms. The summed E-state index contributed by atoms with van der Waals surface area (Å²) in [4.78, 5) is 0. The van der Waals surface area contributed by atoms with E-state index in [0.717, 1.165) is 16.9 Å². The van der Waals surface area contributed by atoms with Crippen molar-refractivity contribution in [3.05, 3.63) is 118 Å². The first-order valence-corrected chi connectivity index (χ1v) is 10.4. The number of hydrogen-bond acceptors (Lipinski definition) is 2. The lowest BCUT2D eigenvalue weighted by Gasteiger charge is -2.34. The van der Waals surface area contributed by atoms with Crippen LogP contribution in [0.2, 0.25) is 0 Å². The smallest absolute Gasteiger partial charge is 0.0713 e. The summed E-state index contributed by atoms with van der Waals surface area (Å²) in [5, 5.41) is 3.30.